The molecule has 4 aliphatic carbocycles. The van der Waals surface area contributed by atoms with Crippen LogP contribution in [-0.4, -0.2) is 3.26 Å². The summed E-state index contributed by atoms with van der Waals surface area (Å²) >= 11 is 1.03. The maximum Gasteiger partial charge on any atom is -0.172 e. The smallest absolute Gasteiger partial charge is 0.172 e. The van der Waals surface area contributed by atoms with E-state index in [2.05, 4.69) is 157 Å². The van der Waals surface area contributed by atoms with Crippen molar-refractivity contribution in [3.05, 3.63) is 189 Å². The molecule has 54 heavy (non-hydrogen) atoms. The Hall–Kier alpha value is -3.88. The van der Waals surface area contributed by atoms with E-state index in [-0.39, 0.29) is 35.6 Å². The van der Waals surface area contributed by atoms with Gasteiger partial charge in [0.25, 0.3) is 0 Å². The van der Waals surface area contributed by atoms with Crippen molar-refractivity contribution in [3.63, 3.8) is 0 Å². The van der Waals surface area contributed by atoms with Gasteiger partial charge in [-0.15, -0.1) is 5.56 Å². The van der Waals surface area contributed by atoms with Gasteiger partial charge in [-0.1, -0.05) is 75.1 Å². The molecule has 0 unspecified atom stereocenters. The monoisotopic (exact) mass is 908 g/mol. The van der Waals surface area contributed by atoms with Crippen molar-refractivity contribution in [1.82, 2.24) is 0 Å². The Balaban J connectivity index is 0.000000159. The first-order valence-corrected chi connectivity index (χ1v) is 20.4. The molecule has 270 valence electrons. The van der Waals surface area contributed by atoms with Crippen LogP contribution in [0.4, 0.5) is 0 Å². The molecule has 0 radical (unpaired) electrons. The van der Waals surface area contributed by atoms with Gasteiger partial charge in [0, 0.05) is 0 Å². The molecule has 4 aliphatic rings. The van der Waals surface area contributed by atoms with E-state index < -0.39 is 0 Å². The first kappa shape index (κ1) is 39.8. The van der Waals surface area contributed by atoms with Crippen molar-refractivity contribution < 1.29 is 48.7 Å². The standard InChI is InChI=1S/C25H27.C21H14.C5H5.2ClH.Hf/c1-14-7-8-17-20(14)22-18(23-21(17)15(2)12-25(23,5)6)11-16-9-10-24(3,4)13-19(16)22;1-3-7-20-14-16(9-11-18(20)5-1)13-17-10-12-19-6-2-4-8-21(19)15-17;1-2-4-5-3-1;;;/h7-10,12H,11,13H2,1-6H3;1-12,14-15H;1-5H;2*1H;/q-1;;-1;;;+2/p-2. The minimum absolute atomic E-state index is 0. The van der Waals surface area contributed by atoms with Gasteiger partial charge in [-0.25, -0.2) is 24.1 Å². The second kappa shape index (κ2) is 15.7. The van der Waals surface area contributed by atoms with Gasteiger partial charge in [0.05, 0.1) is 0 Å². The van der Waals surface area contributed by atoms with Crippen LogP contribution < -0.4 is 35.3 Å². The fourth-order valence-electron chi connectivity index (χ4n) is 8.84. The fraction of sp³-hybridized carbons (Fsp3) is 0.196. The Kier molecular flexibility index (Phi) is 11.6. The molecule has 0 amide bonds. The van der Waals surface area contributed by atoms with Crippen LogP contribution in [0.3, 0.4) is 0 Å². The second-order valence-corrected chi connectivity index (χ2v) is 17.9. The molecule has 0 heterocycles. The quantitative estimate of drug-likeness (QED) is 0.162. The predicted octanol–water partition coefficient (Wildman–Crippen LogP) is 5.37. The van der Waals surface area contributed by atoms with Gasteiger partial charge in [0.1, 0.15) is 0 Å². The maximum absolute atomic E-state index is 2.48. The summed E-state index contributed by atoms with van der Waals surface area (Å²) in [4.78, 5) is 0. The van der Waals surface area contributed by atoms with Crippen LogP contribution in [0.1, 0.15) is 81.3 Å². The summed E-state index contributed by atoms with van der Waals surface area (Å²) in [6, 6.07) is 40.7. The van der Waals surface area contributed by atoms with Crippen LogP contribution in [-0.2, 0) is 35.7 Å². The molecule has 0 saturated carbocycles. The Morgan fingerprint density at radius 1 is 0.685 bits per heavy atom. The third-order valence-corrected chi connectivity index (χ3v) is 13.3. The van der Waals surface area contributed by atoms with E-state index in [9.17, 15) is 0 Å². The van der Waals surface area contributed by atoms with Gasteiger partial charge in [0.15, 0.2) is 0 Å². The second-order valence-electron chi connectivity index (χ2n) is 16.1. The number of fused-ring (bicyclic) bond motifs is 9. The van der Waals surface area contributed by atoms with Crippen molar-refractivity contribution in [2.45, 2.75) is 59.8 Å². The molecule has 0 aliphatic heterocycles. The van der Waals surface area contributed by atoms with E-state index in [0.29, 0.717) is 0 Å². The van der Waals surface area contributed by atoms with Crippen molar-refractivity contribution in [3.8, 4) is 0 Å². The summed E-state index contributed by atoms with van der Waals surface area (Å²) in [6.07, 6.45) is 14.3. The van der Waals surface area contributed by atoms with Gasteiger partial charge in [-0.05, 0) is 53.0 Å². The molecule has 10 rings (SSSR count). The van der Waals surface area contributed by atoms with Gasteiger partial charge < -0.3 is 24.8 Å². The third kappa shape index (κ3) is 7.40. The summed E-state index contributed by atoms with van der Waals surface area (Å²) in [6.45, 7) is 14.1. The first-order valence-electron chi connectivity index (χ1n) is 18.6. The number of hydrogen-bond donors (Lipinski definition) is 0. The van der Waals surface area contributed by atoms with Gasteiger partial charge in [0.2, 0.25) is 0 Å². The Bertz CT molecular complexity index is 2530. The van der Waals surface area contributed by atoms with Crippen LogP contribution in [0.25, 0.3) is 44.3 Å². The molecule has 0 spiro atoms. The molecular formula is C51H46Cl2Hf-2. The molecule has 0 atom stereocenters. The molecule has 0 saturated heterocycles. The zero-order valence-corrected chi connectivity index (χ0v) is 37.1. The average Bonchev–Trinajstić information content (AvgIpc) is 3.95. The van der Waals surface area contributed by atoms with Crippen LogP contribution in [0.15, 0.2) is 139 Å². The molecule has 6 aromatic rings. The topological polar surface area (TPSA) is 0 Å². The fourth-order valence-corrected chi connectivity index (χ4v) is 9.96. The summed E-state index contributed by atoms with van der Waals surface area (Å²) in [5.41, 5.74) is 15.5. The van der Waals surface area contributed by atoms with E-state index in [0.717, 1.165) is 36.7 Å². The van der Waals surface area contributed by atoms with Crippen molar-refractivity contribution in [2.75, 3.05) is 0 Å². The van der Waals surface area contributed by atoms with E-state index in [1.165, 1.54) is 63.1 Å². The van der Waals surface area contributed by atoms with Crippen molar-refractivity contribution in [1.29, 1.82) is 0 Å². The van der Waals surface area contributed by atoms with Crippen molar-refractivity contribution in [2.24, 2.45) is 5.41 Å². The molecule has 3 heteroatoms. The van der Waals surface area contributed by atoms with Gasteiger partial charge in [-0.3, -0.25) is 0 Å². The summed E-state index contributed by atoms with van der Waals surface area (Å²) < 4.78 is 1.46. The SMILES string of the molecule is CC1=CC=c2c1c1c(c3c2=C(C)[CH-]C3(C)C)CC2=C1CC(C)(C)C=C2.[Cl-].[Cl-].[Hf+2]=[C](c1ccc2ccccc2c1)c1ccc2ccccc2c1.c1cc[cH-]c1. The Morgan fingerprint density at radius 2 is 1.26 bits per heavy atom. The van der Waals surface area contributed by atoms with Crippen LogP contribution >= 0.6 is 0 Å². The predicted molar refractivity (Wildman–Crippen MR) is 222 cm³/mol. The molecular weight excluding hydrogens is 862 g/mol. The summed E-state index contributed by atoms with van der Waals surface area (Å²) in [5, 5.41) is 8.24. The zero-order valence-electron chi connectivity index (χ0n) is 32.0. The van der Waals surface area contributed by atoms with E-state index in [1.807, 2.05) is 30.3 Å². The van der Waals surface area contributed by atoms with Gasteiger partial charge >= 0.3 is 145 Å². The minimum Gasteiger partial charge on any atom is -0.214 e. The molecule has 0 fully saturated rings. The third-order valence-electron chi connectivity index (χ3n) is 11.2. The van der Waals surface area contributed by atoms with Crippen LogP contribution in [0, 0.1) is 11.8 Å². The number of benzene rings is 5. The Labute approximate surface area is 348 Å². The summed E-state index contributed by atoms with van der Waals surface area (Å²) in [7, 11) is 0. The van der Waals surface area contributed by atoms with Gasteiger partial charge in [-0.2, -0.15) is 23.4 Å². The molecule has 0 aromatic heterocycles. The van der Waals surface area contributed by atoms with E-state index in [1.54, 1.807) is 27.8 Å². The van der Waals surface area contributed by atoms with Crippen LogP contribution in [0.2, 0.25) is 0 Å². The average molecular weight is 908 g/mol. The van der Waals surface area contributed by atoms with E-state index >= 15 is 0 Å². The maximum atomic E-state index is 2.48. The van der Waals surface area contributed by atoms with E-state index in [4.69, 9.17) is 0 Å². The number of allylic oxidation sites excluding steroid dienone is 6. The normalized spacial score (nSPS) is 16.1. The molecule has 6 aromatic carbocycles. The Morgan fingerprint density at radius 3 is 1.81 bits per heavy atom. The first-order chi connectivity index (χ1) is 25.0. The largest absolute Gasteiger partial charge is 0.214 e. The summed E-state index contributed by atoms with van der Waals surface area (Å²) in [5.74, 6) is 0. The molecule has 0 bridgehead atoms. The number of halogens is 2. The van der Waals surface area contributed by atoms with Crippen LogP contribution in [0.5, 0.6) is 0 Å². The van der Waals surface area contributed by atoms with Crippen molar-refractivity contribution >= 4 is 47.6 Å². The number of rotatable bonds is 2. The number of hydrogen-bond acceptors (Lipinski definition) is 0. The molecule has 0 N–H and O–H groups in total. The zero-order chi connectivity index (χ0) is 36.2. The molecule has 0 nitrogen and oxygen atoms in total. The minimum atomic E-state index is 0.